The predicted octanol–water partition coefficient (Wildman–Crippen LogP) is 4.11. The van der Waals surface area contributed by atoms with Crippen LogP contribution < -0.4 is 10.9 Å². The van der Waals surface area contributed by atoms with Gasteiger partial charge >= 0.3 is 0 Å². The molecule has 2 N–H and O–H groups in total. The molecule has 1 fully saturated rings. The molecule has 0 saturated heterocycles. The average Bonchev–Trinajstić information content (AvgIpc) is 2.82. The van der Waals surface area contributed by atoms with Crippen molar-refractivity contribution in [1.29, 1.82) is 0 Å². The molecule has 5 nitrogen and oxygen atoms in total. The Morgan fingerprint density at radius 3 is 2.72 bits per heavy atom. The van der Waals surface area contributed by atoms with Gasteiger partial charge in [0, 0.05) is 5.02 Å². The Labute approximate surface area is 155 Å². The molecule has 7 heteroatoms. The number of carbonyl (C=O) groups excluding carboxylic acids is 1. The molecule has 1 aliphatic heterocycles. The van der Waals surface area contributed by atoms with E-state index in [9.17, 15) is 9.59 Å². The number of benzene rings is 1. The van der Waals surface area contributed by atoms with Crippen LogP contribution in [-0.4, -0.2) is 21.4 Å². The summed E-state index contributed by atoms with van der Waals surface area (Å²) in [6.07, 6.45) is 5.60. The molecule has 0 radical (unpaired) electrons. The number of fused-ring (bicyclic) bond motifs is 1. The Hall–Kier alpha value is -1.66. The lowest BCUT2D eigenvalue weighted by atomic mass is 9.95. The van der Waals surface area contributed by atoms with E-state index in [0.717, 1.165) is 31.2 Å². The lowest BCUT2D eigenvalue weighted by molar-refractivity contribution is -0.113. The van der Waals surface area contributed by atoms with E-state index >= 15 is 0 Å². The Balaban J connectivity index is 1.82. The van der Waals surface area contributed by atoms with Gasteiger partial charge in [-0.2, -0.15) is 0 Å². The number of nitrogens with zero attached hydrogens (tertiary/aromatic N) is 1. The lowest BCUT2D eigenvalue weighted by Gasteiger charge is -2.24. The summed E-state index contributed by atoms with van der Waals surface area (Å²) in [5.74, 6) is 0.881. The van der Waals surface area contributed by atoms with Crippen LogP contribution in [0.2, 0.25) is 5.02 Å². The third-order valence-electron chi connectivity index (χ3n) is 4.96. The minimum Gasteiger partial charge on any atom is -0.310 e. The number of aromatic nitrogens is 2. The van der Waals surface area contributed by atoms with Crippen LogP contribution in [0.15, 0.2) is 29.1 Å². The molecule has 1 saturated carbocycles. The molecular weight excluding hydrogens is 358 g/mol. The van der Waals surface area contributed by atoms with Gasteiger partial charge in [0.25, 0.3) is 5.56 Å². The van der Waals surface area contributed by atoms with Crippen LogP contribution in [0.3, 0.4) is 0 Å². The number of halogens is 1. The number of aromatic amines is 1. The van der Waals surface area contributed by atoms with E-state index in [1.807, 2.05) is 28.9 Å². The second kappa shape index (κ2) is 6.92. The van der Waals surface area contributed by atoms with Crippen LogP contribution in [0.25, 0.3) is 0 Å². The zero-order chi connectivity index (χ0) is 17.4. The number of H-pyrrole nitrogens is 1. The SMILES string of the molecule is O=C1CS[C@H](c2cccc(Cl)c2)c2c(n(C3CCCCC3)[nH]c2=O)N1. The van der Waals surface area contributed by atoms with Gasteiger partial charge in [-0.1, -0.05) is 43.0 Å². The molecule has 0 unspecified atom stereocenters. The van der Waals surface area contributed by atoms with Gasteiger partial charge in [0.05, 0.1) is 22.6 Å². The number of anilines is 1. The first-order chi connectivity index (χ1) is 12.1. The molecule has 1 aromatic heterocycles. The van der Waals surface area contributed by atoms with Crippen molar-refractivity contribution in [2.45, 2.75) is 43.4 Å². The molecule has 1 atom stereocenters. The van der Waals surface area contributed by atoms with Gasteiger partial charge in [0.1, 0.15) is 5.82 Å². The Morgan fingerprint density at radius 2 is 1.96 bits per heavy atom. The maximum Gasteiger partial charge on any atom is 0.270 e. The molecule has 25 heavy (non-hydrogen) atoms. The zero-order valence-corrected chi connectivity index (χ0v) is 15.3. The Morgan fingerprint density at radius 1 is 1.16 bits per heavy atom. The molecule has 0 spiro atoms. The summed E-state index contributed by atoms with van der Waals surface area (Å²) in [5, 5.41) is 6.37. The van der Waals surface area contributed by atoms with Crippen molar-refractivity contribution in [2.24, 2.45) is 0 Å². The molecular formula is C18H20ClN3O2S. The van der Waals surface area contributed by atoms with Crippen LogP contribution in [0.4, 0.5) is 5.82 Å². The van der Waals surface area contributed by atoms with E-state index in [4.69, 9.17) is 11.6 Å². The molecule has 1 aromatic carbocycles. The molecule has 1 aliphatic carbocycles. The van der Waals surface area contributed by atoms with Gasteiger partial charge < -0.3 is 5.32 Å². The van der Waals surface area contributed by atoms with Gasteiger partial charge in [-0.15, -0.1) is 11.8 Å². The monoisotopic (exact) mass is 377 g/mol. The average molecular weight is 378 g/mol. The topological polar surface area (TPSA) is 66.9 Å². The number of thioether (sulfide) groups is 1. The van der Waals surface area contributed by atoms with Crippen LogP contribution in [0, 0.1) is 0 Å². The normalized spacial score (nSPS) is 21.5. The molecule has 1 amide bonds. The van der Waals surface area contributed by atoms with Gasteiger partial charge in [-0.05, 0) is 30.5 Å². The largest absolute Gasteiger partial charge is 0.310 e. The van der Waals surface area contributed by atoms with E-state index < -0.39 is 0 Å². The summed E-state index contributed by atoms with van der Waals surface area (Å²) < 4.78 is 1.90. The van der Waals surface area contributed by atoms with E-state index in [2.05, 4.69) is 10.4 Å². The summed E-state index contributed by atoms with van der Waals surface area (Å²) in [7, 11) is 0. The summed E-state index contributed by atoms with van der Waals surface area (Å²) in [4.78, 5) is 25.0. The van der Waals surface area contributed by atoms with Crippen LogP contribution in [0.1, 0.15) is 54.5 Å². The number of nitrogens with one attached hydrogen (secondary N) is 2. The summed E-state index contributed by atoms with van der Waals surface area (Å²) in [6, 6.07) is 7.77. The quantitative estimate of drug-likeness (QED) is 0.827. The van der Waals surface area contributed by atoms with Gasteiger partial charge in [-0.3, -0.25) is 19.4 Å². The number of hydrogen-bond acceptors (Lipinski definition) is 3. The molecule has 0 bridgehead atoms. The maximum absolute atomic E-state index is 12.8. The number of hydrogen-bond donors (Lipinski definition) is 2. The third-order valence-corrected chi connectivity index (χ3v) is 6.46. The van der Waals surface area contributed by atoms with Crippen LogP contribution in [0.5, 0.6) is 0 Å². The molecule has 2 aromatic rings. The smallest absolute Gasteiger partial charge is 0.270 e. The second-order valence-electron chi connectivity index (χ2n) is 6.66. The van der Waals surface area contributed by atoms with Crippen molar-refractivity contribution in [3.8, 4) is 0 Å². The Bertz CT molecular complexity index is 854. The highest BCUT2D eigenvalue weighted by Crippen LogP contribution is 2.42. The molecule has 2 heterocycles. The van der Waals surface area contributed by atoms with Crippen LogP contribution >= 0.6 is 23.4 Å². The molecule has 132 valence electrons. The van der Waals surface area contributed by atoms with E-state index in [-0.39, 0.29) is 22.8 Å². The fourth-order valence-electron chi connectivity index (χ4n) is 3.79. The first kappa shape index (κ1) is 16.8. The molecule has 2 aliphatic rings. The fraction of sp³-hybridized carbons (Fsp3) is 0.444. The van der Waals surface area contributed by atoms with Gasteiger partial charge in [0.15, 0.2) is 0 Å². The maximum atomic E-state index is 12.8. The summed E-state index contributed by atoms with van der Waals surface area (Å²) >= 11 is 7.61. The third kappa shape index (κ3) is 3.25. The van der Waals surface area contributed by atoms with Gasteiger partial charge in [-0.25, -0.2) is 0 Å². The summed E-state index contributed by atoms with van der Waals surface area (Å²) in [5.41, 5.74) is 1.45. The van der Waals surface area contributed by atoms with Crippen molar-refractivity contribution >= 4 is 35.1 Å². The van der Waals surface area contributed by atoms with E-state index in [1.165, 1.54) is 18.2 Å². The summed E-state index contributed by atoms with van der Waals surface area (Å²) in [6.45, 7) is 0. The predicted molar refractivity (Wildman–Crippen MR) is 102 cm³/mol. The highest BCUT2D eigenvalue weighted by Gasteiger charge is 2.32. The lowest BCUT2D eigenvalue weighted by Crippen LogP contribution is -2.21. The highest BCUT2D eigenvalue weighted by molar-refractivity contribution is 8.00. The zero-order valence-electron chi connectivity index (χ0n) is 13.8. The van der Waals surface area contributed by atoms with E-state index in [1.54, 1.807) is 0 Å². The van der Waals surface area contributed by atoms with Crippen molar-refractivity contribution < 1.29 is 4.79 Å². The van der Waals surface area contributed by atoms with Crippen molar-refractivity contribution in [3.63, 3.8) is 0 Å². The Kier molecular flexibility index (Phi) is 4.65. The number of amides is 1. The van der Waals surface area contributed by atoms with Gasteiger partial charge in [0.2, 0.25) is 5.91 Å². The van der Waals surface area contributed by atoms with Crippen molar-refractivity contribution in [1.82, 2.24) is 9.78 Å². The molecule has 4 rings (SSSR count). The van der Waals surface area contributed by atoms with E-state index in [0.29, 0.717) is 22.2 Å². The minimum atomic E-state index is -0.207. The first-order valence-electron chi connectivity index (χ1n) is 8.65. The van der Waals surface area contributed by atoms with Crippen LogP contribution in [-0.2, 0) is 4.79 Å². The first-order valence-corrected chi connectivity index (χ1v) is 10.1. The second-order valence-corrected chi connectivity index (χ2v) is 8.19. The minimum absolute atomic E-state index is 0.0701. The van der Waals surface area contributed by atoms with Crippen molar-refractivity contribution in [2.75, 3.05) is 11.1 Å². The highest BCUT2D eigenvalue weighted by atomic mass is 35.5. The standard InChI is InChI=1S/C18H20ClN3O2S/c19-12-6-4-5-11(9-12)16-15-17(20-14(23)10-25-16)22(21-18(15)24)13-7-2-1-3-8-13/h4-6,9,13,16H,1-3,7-8,10H2,(H,20,23)(H,21,24)/t16-/m1/s1. The number of carbonyl (C=O) groups is 1. The van der Waals surface area contributed by atoms with Crippen molar-refractivity contribution in [3.05, 3.63) is 50.8 Å². The fourth-order valence-corrected chi connectivity index (χ4v) is 5.10. The number of rotatable bonds is 2.